The first-order valence-electron chi connectivity index (χ1n) is 16.5. The molecule has 240 valence electrons. The van der Waals surface area contributed by atoms with Gasteiger partial charge in [-0.1, -0.05) is 12.1 Å². The van der Waals surface area contributed by atoms with Crippen molar-refractivity contribution in [1.29, 1.82) is 0 Å². The second-order valence-electron chi connectivity index (χ2n) is 12.3. The van der Waals surface area contributed by atoms with Crippen LogP contribution < -0.4 is 9.47 Å². The molecule has 6 heterocycles. The summed E-state index contributed by atoms with van der Waals surface area (Å²) >= 11 is 0. The summed E-state index contributed by atoms with van der Waals surface area (Å²) in [6.07, 6.45) is 8.51. The SMILES string of the molecule is Fc1cc(OCCN2CCCC2)cc(-c2cccc3[nH]c(-c4n[nH]c5ccc(-c6cncc(OCCN7CCCC7)c6)nc45)nc23)c1. The third-order valence-electron chi connectivity index (χ3n) is 9.09. The van der Waals surface area contributed by atoms with Crippen LogP contribution in [-0.2, 0) is 0 Å². The topological polar surface area (TPSA) is 108 Å². The lowest BCUT2D eigenvalue weighted by atomic mass is 10.0. The summed E-state index contributed by atoms with van der Waals surface area (Å²) in [5.74, 6) is 1.45. The van der Waals surface area contributed by atoms with Crippen molar-refractivity contribution in [2.45, 2.75) is 25.7 Å². The number of pyridine rings is 2. The summed E-state index contributed by atoms with van der Waals surface area (Å²) in [5, 5.41) is 7.67. The maximum absolute atomic E-state index is 14.8. The van der Waals surface area contributed by atoms with Gasteiger partial charge in [-0.05, 0) is 93.8 Å². The molecule has 0 unspecified atom stereocenters. The maximum atomic E-state index is 14.8. The minimum atomic E-state index is -0.350. The van der Waals surface area contributed by atoms with Crippen LogP contribution in [-0.4, -0.2) is 92.4 Å². The van der Waals surface area contributed by atoms with E-state index >= 15 is 0 Å². The number of fused-ring (bicyclic) bond motifs is 2. The average molecular weight is 633 g/mol. The Morgan fingerprint density at radius 1 is 0.723 bits per heavy atom. The van der Waals surface area contributed by atoms with Gasteiger partial charge in [0.1, 0.15) is 36.0 Å². The molecule has 47 heavy (non-hydrogen) atoms. The maximum Gasteiger partial charge on any atom is 0.161 e. The zero-order valence-corrected chi connectivity index (χ0v) is 26.2. The van der Waals surface area contributed by atoms with Gasteiger partial charge >= 0.3 is 0 Å². The Morgan fingerprint density at radius 2 is 1.47 bits per heavy atom. The van der Waals surface area contributed by atoms with Gasteiger partial charge in [0.2, 0.25) is 0 Å². The minimum Gasteiger partial charge on any atom is -0.492 e. The number of nitrogens with one attached hydrogen (secondary N) is 2. The standard InChI is InChI=1S/C36H37FN8O2/c37-26-18-24(19-27(21-26)46-16-14-44-10-1-2-11-44)29-6-5-7-31-33(29)41-36(40-31)35-34-32(42-43-35)9-8-30(39-34)25-20-28(23-38-22-25)47-17-15-45-12-3-4-13-45/h5-9,18-23H,1-4,10-17H2,(H,40,41)(H,42,43). The zero-order valence-electron chi connectivity index (χ0n) is 26.2. The van der Waals surface area contributed by atoms with Gasteiger partial charge in [-0.3, -0.25) is 19.9 Å². The molecule has 6 aromatic rings. The highest BCUT2D eigenvalue weighted by Gasteiger charge is 2.18. The van der Waals surface area contributed by atoms with Crippen molar-refractivity contribution in [2.75, 3.05) is 52.5 Å². The van der Waals surface area contributed by atoms with E-state index in [1.54, 1.807) is 12.4 Å². The van der Waals surface area contributed by atoms with Crippen molar-refractivity contribution >= 4 is 22.1 Å². The number of aromatic amines is 2. The Hall–Kier alpha value is -4.87. The van der Waals surface area contributed by atoms with E-state index in [1.807, 2.05) is 42.5 Å². The fourth-order valence-corrected chi connectivity index (χ4v) is 6.64. The van der Waals surface area contributed by atoms with E-state index < -0.39 is 0 Å². The molecule has 4 aromatic heterocycles. The van der Waals surface area contributed by atoms with Crippen LogP contribution >= 0.6 is 0 Å². The lowest BCUT2D eigenvalue weighted by Crippen LogP contribution is -2.25. The van der Waals surface area contributed by atoms with Gasteiger partial charge in [0.25, 0.3) is 0 Å². The lowest BCUT2D eigenvalue weighted by Gasteiger charge is -2.15. The molecule has 0 atom stereocenters. The van der Waals surface area contributed by atoms with Crippen LogP contribution in [0.5, 0.6) is 11.5 Å². The first-order chi connectivity index (χ1) is 23.2. The van der Waals surface area contributed by atoms with Crippen molar-refractivity contribution in [3.05, 3.63) is 72.8 Å². The van der Waals surface area contributed by atoms with Gasteiger partial charge in [0.15, 0.2) is 11.5 Å². The molecule has 0 aliphatic carbocycles. The van der Waals surface area contributed by atoms with E-state index in [2.05, 4.69) is 30.0 Å². The first kappa shape index (κ1) is 29.5. The van der Waals surface area contributed by atoms with Gasteiger partial charge < -0.3 is 14.5 Å². The van der Waals surface area contributed by atoms with Crippen LogP contribution in [0.4, 0.5) is 4.39 Å². The van der Waals surface area contributed by atoms with Crippen molar-refractivity contribution in [1.82, 2.24) is 39.9 Å². The summed E-state index contributed by atoms with van der Waals surface area (Å²) in [4.78, 5) is 22.6. The third-order valence-corrected chi connectivity index (χ3v) is 9.09. The third kappa shape index (κ3) is 6.41. The van der Waals surface area contributed by atoms with Crippen LogP contribution in [0.25, 0.3) is 56.0 Å². The summed E-state index contributed by atoms with van der Waals surface area (Å²) in [6.45, 7) is 7.39. The predicted octanol–water partition coefficient (Wildman–Crippen LogP) is 6.32. The largest absolute Gasteiger partial charge is 0.492 e. The average Bonchev–Trinajstić information content (AvgIpc) is 3.91. The molecule has 0 spiro atoms. The molecule has 0 bridgehead atoms. The van der Waals surface area contributed by atoms with E-state index in [-0.39, 0.29) is 5.82 Å². The van der Waals surface area contributed by atoms with E-state index in [9.17, 15) is 4.39 Å². The van der Waals surface area contributed by atoms with Crippen LogP contribution in [0.3, 0.4) is 0 Å². The number of hydrogen-bond acceptors (Lipinski definition) is 8. The Morgan fingerprint density at radius 3 is 2.26 bits per heavy atom. The van der Waals surface area contributed by atoms with Crippen molar-refractivity contribution in [3.63, 3.8) is 0 Å². The van der Waals surface area contributed by atoms with Crippen LogP contribution in [0, 0.1) is 5.82 Å². The van der Waals surface area contributed by atoms with Gasteiger partial charge in [-0.2, -0.15) is 5.10 Å². The number of H-pyrrole nitrogens is 2. The second kappa shape index (κ2) is 13.1. The van der Waals surface area contributed by atoms with Crippen LogP contribution in [0.1, 0.15) is 25.7 Å². The van der Waals surface area contributed by atoms with Crippen LogP contribution in [0.15, 0.2) is 67.0 Å². The van der Waals surface area contributed by atoms with Crippen molar-refractivity contribution in [3.8, 4) is 45.4 Å². The molecule has 0 radical (unpaired) electrons. The number of nitrogens with zero attached hydrogens (tertiary/aromatic N) is 6. The number of benzene rings is 2. The summed E-state index contributed by atoms with van der Waals surface area (Å²) in [5.41, 5.74) is 6.71. The lowest BCUT2D eigenvalue weighted by molar-refractivity contribution is 0.237. The molecule has 2 fully saturated rings. The zero-order chi connectivity index (χ0) is 31.6. The quantitative estimate of drug-likeness (QED) is 0.171. The molecule has 11 heteroatoms. The summed E-state index contributed by atoms with van der Waals surface area (Å²) in [7, 11) is 0. The van der Waals surface area contributed by atoms with E-state index in [4.69, 9.17) is 19.4 Å². The number of aromatic nitrogens is 6. The van der Waals surface area contributed by atoms with Crippen molar-refractivity contribution in [2.24, 2.45) is 0 Å². The smallest absolute Gasteiger partial charge is 0.161 e. The van der Waals surface area contributed by atoms with E-state index in [1.165, 1.54) is 37.8 Å². The molecule has 2 aliphatic rings. The number of rotatable bonds is 11. The molecule has 0 amide bonds. The highest BCUT2D eigenvalue weighted by Crippen LogP contribution is 2.34. The first-order valence-corrected chi connectivity index (χ1v) is 16.5. The Bertz CT molecular complexity index is 2010. The monoisotopic (exact) mass is 632 g/mol. The fraction of sp³-hybridized carbons (Fsp3) is 0.333. The molecule has 0 saturated carbocycles. The number of likely N-dealkylation sites (tertiary alicyclic amines) is 2. The Balaban J connectivity index is 1.05. The Kier molecular flexibility index (Phi) is 8.22. The highest BCUT2D eigenvalue weighted by molar-refractivity contribution is 5.96. The van der Waals surface area contributed by atoms with Gasteiger partial charge in [-0.15, -0.1) is 0 Å². The molecule has 2 aliphatic heterocycles. The predicted molar refractivity (Wildman–Crippen MR) is 180 cm³/mol. The number of ether oxygens (including phenoxy) is 2. The fourth-order valence-electron chi connectivity index (χ4n) is 6.64. The number of para-hydroxylation sites is 1. The van der Waals surface area contributed by atoms with E-state index in [0.29, 0.717) is 47.1 Å². The number of hydrogen-bond donors (Lipinski definition) is 2. The number of halogens is 1. The van der Waals surface area contributed by atoms with Crippen LogP contribution in [0.2, 0.25) is 0 Å². The summed E-state index contributed by atoms with van der Waals surface area (Å²) in [6, 6.07) is 16.6. The second-order valence-corrected chi connectivity index (χ2v) is 12.3. The van der Waals surface area contributed by atoms with Gasteiger partial charge in [0, 0.05) is 36.5 Å². The minimum absolute atomic E-state index is 0.350. The molecule has 10 nitrogen and oxygen atoms in total. The van der Waals surface area contributed by atoms with Gasteiger partial charge in [0.05, 0.1) is 28.4 Å². The number of imidazole rings is 1. The van der Waals surface area contributed by atoms with Crippen molar-refractivity contribution < 1.29 is 13.9 Å². The molecule has 2 saturated heterocycles. The molecule has 2 N–H and O–H groups in total. The molecular weight excluding hydrogens is 595 g/mol. The van der Waals surface area contributed by atoms with Gasteiger partial charge in [-0.25, -0.2) is 14.4 Å². The summed E-state index contributed by atoms with van der Waals surface area (Å²) < 4.78 is 26.8. The normalized spacial score (nSPS) is 15.7. The highest BCUT2D eigenvalue weighted by atomic mass is 19.1. The Labute approximate surface area is 272 Å². The van der Waals surface area contributed by atoms with E-state index in [0.717, 1.165) is 72.9 Å². The molecular formula is C36H37FN8O2. The molecule has 2 aromatic carbocycles. The molecule has 8 rings (SSSR count).